The molecule has 1 aliphatic heterocycles. The van der Waals surface area contributed by atoms with Crippen molar-refractivity contribution >= 4 is 17.6 Å². The van der Waals surface area contributed by atoms with Gasteiger partial charge in [0.1, 0.15) is 0 Å². The van der Waals surface area contributed by atoms with Crippen molar-refractivity contribution in [1.82, 2.24) is 5.32 Å². The number of benzene rings is 1. The van der Waals surface area contributed by atoms with Crippen LogP contribution in [-0.4, -0.2) is 28.8 Å². The molecule has 1 aromatic rings. The Labute approximate surface area is 110 Å². The first-order valence-corrected chi connectivity index (χ1v) is 5.85. The van der Waals surface area contributed by atoms with E-state index in [1.807, 2.05) is 31.2 Å². The zero-order chi connectivity index (χ0) is 13.8. The maximum Gasteiger partial charge on any atom is 0.353 e. The van der Waals surface area contributed by atoms with E-state index in [1.54, 1.807) is 0 Å². The maximum absolute atomic E-state index is 11.8. The molecule has 1 aliphatic rings. The number of nitrogens with one attached hydrogen (secondary N) is 1. The summed E-state index contributed by atoms with van der Waals surface area (Å²) >= 11 is 0. The fourth-order valence-electron chi connectivity index (χ4n) is 1.77. The first kappa shape index (κ1) is 13.1. The highest BCUT2D eigenvalue weighted by Crippen LogP contribution is 2.11. The van der Waals surface area contributed by atoms with Gasteiger partial charge in [0.05, 0.1) is 0 Å². The number of aliphatic carboxylic acids is 1. The minimum absolute atomic E-state index is 0.00498. The Hall–Kier alpha value is -2.37. The monoisotopic (exact) mass is 262 g/mol. The van der Waals surface area contributed by atoms with E-state index < -0.39 is 12.1 Å². The predicted molar refractivity (Wildman–Crippen MR) is 67.6 cm³/mol. The van der Waals surface area contributed by atoms with E-state index in [1.165, 1.54) is 0 Å². The second kappa shape index (κ2) is 5.51. The van der Waals surface area contributed by atoms with Gasteiger partial charge in [0.25, 0.3) is 5.91 Å². The molecule has 2 rings (SSSR count). The van der Waals surface area contributed by atoms with Gasteiger partial charge in [-0.1, -0.05) is 35.0 Å². The lowest BCUT2D eigenvalue weighted by Crippen LogP contribution is -2.34. The van der Waals surface area contributed by atoms with E-state index in [9.17, 15) is 9.59 Å². The first-order chi connectivity index (χ1) is 9.06. The summed E-state index contributed by atoms with van der Waals surface area (Å²) in [6.45, 7) is 2.35. The molecule has 2 N–H and O–H groups in total. The molecule has 1 unspecified atom stereocenters. The fraction of sp³-hybridized carbons (Fsp3) is 0.308. The average Bonchev–Trinajstić information content (AvgIpc) is 2.86. The van der Waals surface area contributed by atoms with Gasteiger partial charge < -0.3 is 15.3 Å². The van der Waals surface area contributed by atoms with Crippen LogP contribution in [0.4, 0.5) is 0 Å². The fourth-order valence-corrected chi connectivity index (χ4v) is 1.77. The van der Waals surface area contributed by atoms with Gasteiger partial charge in [-0.2, -0.15) is 0 Å². The number of carbonyl (C=O) groups excluding carboxylic acids is 1. The van der Waals surface area contributed by atoms with Crippen LogP contribution in [0.2, 0.25) is 0 Å². The van der Waals surface area contributed by atoms with E-state index in [-0.39, 0.29) is 18.0 Å². The van der Waals surface area contributed by atoms with E-state index in [4.69, 9.17) is 9.94 Å². The molecule has 0 bridgehead atoms. The van der Waals surface area contributed by atoms with Gasteiger partial charge in [0.15, 0.2) is 5.71 Å². The van der Waals surface area contributed by atoms with Gasteiger partial charge in [-0.3, -0.25) is 4.79 Å². The van der Waals surface area contributed by atoms with Crippen LogP contribution in [0.5, 0.6) is 0 Å². The van der Waals surface area contributed by atoms with Gasteiger partial charge in [0.2, 0.25) is 6.10 Å². The predicted octanol–water partition coefficient (Wildman–Crippen LogP) is 0.841. The minimum Gasteiger partial charge on any atom is -0.477 e. The summed E-state index contributed by atoms with van der Waals surface area (Å²) in [6, 6.07) is 7.75. The van der Waals surface area contributed by atoms with Crippen molar-refractivity contribution in [3.63, 3.8) is 0 Å². The largest absolute Gasteiger partial charge is 0.477 e. The standard InChI is InChI=1S/C13H14N2O4/c1-8-3-2-4-9(5-8)7-14-12(16)11-6-10(13(17)18)15-19-11/h2-5,11H,6-7H2,1H3,(H,14,16)(H,17,18). The van der Waals surface area contributed by atoms with Crippen molar-refractivity contribution in [1.29, 1.82) is 0 Å². The first-order valence-electron chi connectivity index (χ1n) is 5.85. The summed E-state index contributed by atoms with van der Waals surface area (Å²) in [5.41, 5.74) is 1.96. The van der Waals surface area contributed by atoms with Crippen LogP contribution in [0.3, 0.4) is 0 Å². The Balaban J connectivity index is 1.85. The number of nitrogens with zero attached hydrogens (tertiary/aromatic N) is 1. The highest BCUT2D eigenvalue weighted by Gasteiger charge is 2.31. The third kappa shape index (κ3) is 3.31. The number of hydrogen-bond donors (Lipinski definition) is 2. The Bertz CT molecular complexity index is 539. The third-order valence-electron chi connectivity index (χ3n) is 2.76. The topological polar surface area (TPSA) is 88.0 Å². The number of hydrogen-bond acceptors (Lipinski definition) is 4. The molecule has 100 valence electrons. The second-order valence-electron chi connectivity index (χ2n) is 4.35. The number of amides is 1. The van der Waals surface area contributed by atoms with Crippen LogP contribution in [0.1, 0.15) is 17.5 Å². The third-order valence-corrected chi connectivity index (χ3v) is 2.76. The molecule has 1 heterocycles. The molecule has 0 spiro atoms. The molecule has 0 saturated carbocycles. The highest BCUT2D eigenvalue weighted by molar-refractivity contribution is 6.36. The molecular formula is C13H14N2O4. The lowest BCUT2D eigenvalue weighted by molar-refractivity contribution is -0.131. The highest BCUT2D eigenvalue weighted by atomic mass is 16.6. The molecule has 1 atom stereocenters. The smallest absolute Gasteiger partial charge is 0.353 e. The number of carbonyl (C=O) groups is 2. The van der Waals surface area contributed by atoms with Crippen molar-refractivity contribution in [2.24, 2.45) is 5.16 Å². The van der Waals surface area contributed by atoms with Crippen molar-refractivity contribution in [2.75, 3.05) is 0 Å². The second-order valence-corrected chi connectivity index (χ2v) is 4.35. The summed E-state index contributed by atoms with van der Waals surface area (Å²) in [6.07, 6.45) is -0.856. The van der Waals surface area contributed by atoms with Crippen LogP contribution in [-0.2, 0) is 21.0 Å². The lowest BCUT2D eigenvalue weighted by atomic mass is 10.1. The Kier molecular flexibility index (Phi) is 3.79. The van der Waals surface area contributed by atoms with Crippen LogP contribution >= 0.6 is 0 Å². The molecule has 0 aromatic heterocycles. The zero-order valence-corrected chi connectivity index (χ0v) is 10.4. The number of carboxylic acid groups (broad SMARTS) is 1. The summed E-state index contributed by atoms with van der Waals surface area (Å²) in [5.74, 6) is -1.52. The average molecular weight is 262 g/mol. The van der Waals surface area contributed by atoms with Gasteiger partial charge in [-0.25, -0.2) is 4.79 Å². The molecule has 0 fully saturated rings. The van der Waals surface area contributed by atoms with Crippen molar-refractivity contribution in [3.05, 3.63) is 35.4 Å². The zero-order valence-electron chi connectivity index (χ0n) is 10.4. The van der Waals surface area contributed by atoms with Crippen LogP contribution in [0.15, 0.2) is 29.4 Å². The SMILES string of the molecule is Cc1cccc(CNC(=O)C2CC(C(=O)O)=NO2)c1. The molecule has 0 radical (unpaired) electrons. The Morgan fingerprint density at radius 3 is 2.95 bits per heavy atom. The summed E-state index contributed by atoms with van der Waals surface area (Å²) in [4.78, 5) is 27.2. The van der Waals surface area contributed by atoms with Crippen molar-refractivity contribution < 1.29 is 19.5 Å². The molecule has 0 aliphatic carbocycles. The van der Waals surface area contributed by atoms with Gasteiger partial charge >= 0.3 is 5.97 Å². The van der Waals surface area contributed by atoms with E-state index in [0.29, 0.717) is 6.54 Å². The Morgan fingerprint density at radius 2 is 2.32 bits per heavy atom. The normalized spacial score (nSPS) is 17.5. The number of aryl methyl sites for hydroxylation is 1. The van der Waals surface area contributed by atoms with Crippen LogP contribution in [0.25, 0.3) is 0 Å². The van der Waals surface area contributed by atoms with Crippen LogP contribution in [0, 0.1) is 6.92 Å². The minimum atomic E-state index is -1.16. The van der Waals surface area contributed by atoms with Crippen LogP contribution < -0.4 is 5.32 Å². The van der Waals surface area contributed by atoms with Crippen molar-refractivity contribution in [3.8, 4) is 0 Å². The lowest BCUT2D eigenvalue weighted by Gasteiger charge is -2.09. The molecule has 6 heteroatoms. The molecule has 19 heavy (non-hydrogen) atoms. The van der Waals surface area contributed by atoms with E-state index >= 15 is 0 Å². The molecule has 6 nitrogen and oxygen atoms in total. The summed E-state index contributed by atoms with van der Waals surface area (Å²) in [5, 5.41) is 14.8. The van der Waals surface area contributed by atoms with Gasteiger partial charge in [0, 0.05) is 13.0 Å². The van der Waals surface area contributed by atoms with E-state index in [0.717, 1.165) is 11.1 Å². The maximum atomic E-state index is 11.8. The molecule has 1 amide bonds. The van der Waals surface area contributed by atoms with Gasteiger partial charge in [-0.05, 0) is 12.5 Å². The number of rotatable bonds is 4. The Morgan fingerprint density at radius 1 is 1.53 bits per heavy atom. The van der Waals surface area contributed by atoms with E-state index in [2.05, 4.69) is 10.5 Å². The number of carboxylic acids is 1. The van der Waals surface area contributed by atoms with Crippen molar-refractivity contribution in [2.45, 2.75) is 26.0 Å². The van der Waals surface area contributed by atoms with Gasteiger partial charge in [-0.15, -0.1) is 0 Å². The molecular weight excluding hydrogens is 248 g/mol. The molecule has 0 saturated heterocycles. The number of oxime groups is 1. The quantitative estimate of drug-likeness (QED) is 0.841. The summed E-state index contributed by atoms with van der Waals surface area (Å²) < 4.78 is 0. The molecule has 1 aromatic carbocycles. The summed E-state index contributed by atoms with van der Waals surface area (Å²) in [7, 11) is 0.